The monoisotopic (exact) mass is 352 g/mol. The zero-order valence-corrected chi connectivity index (χ0v) is 14.2. The summed E-state index contributed by atoms with van der Waals surface area (Å²) in [6.45, 7) is 6.53. The predicted octanol–water partition coefficient (Wildman–Crippen LogP) is 4.88. The lowest BCUT2D eigenvalue weighted by Gasteiger charge is -2.43. The number of cyclic esters (lactones) is 1. The Morgan fingerprint density at radius 2 is 2.10 bits per heavy atom. The number of esters is 1. The fourth-order valence-electron chi connectivity index (χ4n) is 3.73. The molecule has 21 heavy (non-hydrogen) atoms. The number of halogens is 1. The maximum absolute atomic E-state index is 12.6. The molecule has 0 amide bonds. The molecule has 3 rings (SSSR count). The van der Waals surface area contributed by atoms with E-state index in [1.807, 2.05) is 12.1 Å². The molecule has 4 atom stereocenters. The molecule has 1 saturated heterocycles. The maximum Gasteiger partial charge on any atom is 0.310 e. The Bertz CT molecular complexity index is 572. The molecule has 0 unspecified atom stereocenters. The average Bonchev–Trinajstić information content (AvgIpc) is 2.86. The number of carbonyl (C=O) groups is 1. The van der Waals surface area contributed by atoms with E-state index >= 15 is 0 Å². The van der Waals surface area contributed by atoms with E-state index in [9.17, 15) is 4.79 Å². The fourth-order valence-corrected chi connectivity index (χ4v) is 4.05. The van der Waals surface area contributed by atoms with Crippen LogP contribution >= 0.6 is 15.9 Å². The first kappa shape index (κ1) is 14.9. The van der Waals surface area contributed by atoms with Crippen molar-refractivity contribution >= 4 is 21.9 Å². The molecule has 0 aromatic carbocycles. The Labute approximate surface area is 133 Å². The molecule has 1 aromatic rings. The highest BCUT2D eigenvalue weighted by Crippen LogP contribution is 2.48. The minimum atomic E-state index is -0.265. The molecular weight excluding hydrogens is 332 g/mol. The predicted molar refractivity (Wildman–Crippen MR) is 83.5 cm³/mol. The van der Waals surface area contributed by atoms with Gasteiger partial charge in [-0.05, 0) is 65.6 Å². The SMILES string of the molecule is CC1=CC[C@H](C(C)C)[C@H]2C(=O)O[C@@H](c3ccc(Br)o3)C[C@@H]12. The lowest BCUT2D eigenvalue weighted by atomic mass is 9.65. The van der Waals surface area contributed by atoms with Crippen LogP contribution in [0, 0.1) is 23.7 Å². The van der Waals surface area contributed by atoms with Crippen molar-refractivity contribution in [3.8, 4) is 0 Å². The number of allylic oxidation sites excluding steroid dienone is 2. The Hall–Kier alpha value is -1.03. The normalized spacial score (nSPS) is 32.6. The first-order chi connectivity index (χ1) is 9.97. The number of carbonyl (C=O) groups excluding carboxylic acids is 1. The number of hydrogen-bond acceptors (Lipinski definition) is 3. The van der Waals surface area contributed by atoms with Crippen molar-refractivity contribution in [1.82, 2.24) is 0 Å². The van der Waals surface area contributed by atoms with Gasteiger partial charge in [0.25, 0.3) is 0 Å². The van der Waals surface area contributed by atoms with E-state index in [0.29, 0.717) is 16.5 Å². The Morgan fingerprint density at radius 1 is 1.33 bits per heavy atom. The highest BCUT2D eigenvalue weighted by Gasteiger charge is 2.46. The molecule has 1 aliphatic heterocycles. The molecule has 114 valence electrons. The van der Waals surface area contributed by atoms with Gasteiger partial charge in [0.05, 0.1) is 5.92 Å². The number of hydrogen-bond donors (Lipinski definition) is 0. The molecule has 1 aliphatic carbocycles. The van der Waals surface area contributed by atoms with Gasteiger partial charge in [0.2, 0.25) is 0 Å². The van der Waals surface area contributed by atoms with Crippen LogP contribution in [0.25, 0.3) is 0 Å². The van der Waals surface area contributed by atoms with E-state index in [4.69, 9.17) is 9.15 Å². The van der Waals surface area contributed by atoms with Gasteiger partial charge in [-0.15, -0.1) is 0 Å². The molecule has 0 bridgehead atoms. The summed E-state index contributed by atoms with van der Waals surface area (Å²) in [6.07, 6.45) is 3.84. The second kappa shape index (κ2) is 5.64. The smallest absolute Gasteiger partial charge is 0.310 e. The van der Waals surface area contributed by atoms with Crippen LogP contribution in [0.15, 0.2) is 32.9 Å². The molecule has 1 fully saturated rings. The lowest BCUT2D eigenvalue weighted by Crippen LogP contribution is -2.42. The number of fused-ring (bicyclic) bond motifs is 1. The van der Waals surface area contributed by atoms with Crippen LogP contribution in [0.5, 0.6) is 0 Å². The first-order valence-corrected chi connectivity index (χ1v) is 8.39. The summed E-state index contributed by atoms with van der Waals surface area (Å²) in [5.41, 5.74) is 1.32. The molecule has 0 saturated carbocycles. The summed E-state index contributed by atoms with van der Waals surface area (Å²) in [6, 6.07) is 3.72. The molecular formula is C17H21BrO3. The first-order valence-electron chi connectivity index (χ1n) is 7.59. The van der Waals surface area contributed by atoms with Gasteiger partial charge in [-0.3, -0.25) is 4.79 Å². The standard InChI is InChI=1S/C17H21BrO3/c1-9(2)11-5-4-10(3)12-8-14(21-17(19)16(11)12)13-6-7-15(18)20-13/h4,6-7,9,11-12,14,16H,5,8H2,1-3H3/t11-,12+,14-,16-/m1/s1. The van der Waals surface area contributed by atoms with Gasteiger partial charge < -0.3 is 9.15 Å². The molecule has 4 heteroatoms. The fraction of sp³-hybridized carbons (Fsp3) is 0.588. The molecule has 0 N–H and O–H groups in total. The van der Waals surface area contributed by atoms with Gasteiger partial charge in [0.15, 0.2) is 10.8 Å². The van der Waals surface area contributed by atoms with Crippen molar-refractivity contribution in [3.05, 3.63) is 34.2 Å². The number of rotatable bonds is 2. The van der Waals surface area contributed by atoms with E-state index in [-0.39, 0.29) is 23.9 Å². The van der Waals surface area contributed by atoms with E-state index < -0.39 is 0 Å². The molecule has 2 aliphatic rings. The maximum atomic E-state index is 12.6. The van der Waals surface area contributed by atoms with Crippen LogP contribution in [-0.4, -0.2) is 5.97 Å². The van der Waals surface area contributed by atoms with Gasteiger partial charge >= 0.3 is 5.97 Å². The molecule has 0 spiro atoms. The Kier molecular flexibility index (Phi) is 4.00. The van der Waals surface area contributed by atoms with Crippen LogP contribution in [0.4, 0.5) is 0 Å². The summed E-state index contributed by atoms with van der Waals surface area (Å²) in [5, 5.41) is 0. The van der Waals surface area contributed by atoms with Crippen molar-refractivity contribution in [2.75, 3.05) is 0 Å². The molecule has 0 radical (unpaired) electrons. The summed E-state index contributed by atoms with van der Waals surface area (Å²) in [7, 11) is 0. The third kappa shape index (κ3) is 2.70. The largest absolute Gasteiger partial charge is 0.454 e. The van der Waals surface area contributed by atoms with Gasteiger partial charge in [-0.1, -0.05) is 25.5 Å². The van der Waals surface area contributed by atoms with Crippen LogP contribution < -0.4 is 0 Å². The summed E-state index contributed by atoms with van der Waals surface area (Å²) in [5.74, 6) is 1.83. The summed E-state index contributed by atoms with van der Waals surface area (Å²) < 4.78 is 12.0. The molecule has 1 aromatic heterocycles. The zero-order valence-electron chi connectivity index (χ0n) is 12.6. The van der Waals surface area contributed by atoms with Gasteiger partial charge in [0.1, 0.15) is 5.76 Å². The van der Waals surface area contributed by atoms with Crippen molar-refractivity contribution < 1.29 is 13.9 Å². The quantitative estimate of drug-likeness (QED) is 0.562. The van der Waals surface area contributed by atoms with Gasteiger partial charge in [-0.25, -0.2) is 0 Å². The molecule has 3 nitrogen and oxygen atoms in total. The van der Waals surface area contributed by atoms with Crippen molar-refractivity contribution in [2.24, 2.45) is 23.7 Å². The van der Waals surface area contributed by atoms with Crippen LogP contribution in [-0.2, 0) is 9.53 Å². The number of furan rings is 1. The lowest BCUT2D eigenvalue weighted by molar-refractivity contribution is -0.170. The van der Waals surface area contributed by atoms with E-state index in [2.05, 4.69) is 42.8 Å². The van der Waals surface area contributed by atoms with Crippen molar-refractivity contribution in [1.29, 1.82) is 0 Å². The summed E-state index contributed by atoms with van der Waals surface area (Å²) >= 11 is 3.30. The second-order valence-corrected chi connectivity index (χ2v) is 7.31. The van der Waals surface area contributed by atoms with Gasteiger partial charge in [-0.2, -0.15) is 0 Å². The van der Waals surface area contributed by atoms with Crippen LogP contribution in [0.1, 0.15) is 45.5 Å². The Morgan fingerprint density at radius 3 is 2.71 bits per heavy atom. The number of ether oxygens (including phenoxy) is 1. The van der Waals surface area contributed by atoms with E-state index in [1.165, 1.54) is 5.57 Å². The second-order valence-electron chi connectivity index (χ2n) is 6.53. The highest BCUT2D eigenvalue weighted by atomic mass is 79.9. The van der Waals surface area contributed by atoms with Gasteiger partial charge in [0, 0.05) is 0 Å². The molecule has 2 heterocycles. The highest BCUT2D eigenvalue weighted by molar-refractivity contribution is 9.10. The topological polar surface area (TPSA) is 39.4 Å². The minimum absolute atomic E-state index is 0.00431. The van der Waals surface area contributed by atoms with Crippen molar-refractivity contribution in [3.63, 3.8) is 0 Å². The van der Waals surface area contributed by atoms with Crippen LogP contribution in [0.2, 0.25) is 0 Å². The average molecular weight is 353 g/mol. The minimum Gasteiger partial charge on any atom is -0.454 e. The third-order valence-corrected chi connectivity index (χ3v) is 5.38. The van der Waals surface area contributed by atoms with Crippen molar-refractivity contribution in [2.45, 2.75) is 39.7 Å². The van der Waals surface area contributed by atoms with E-state index in [0.717, 1.165) is 18.6 Å². The summed E-state index contributed by atoms with van der Waals surface area (Å²) in [4.78, 5) is 12.6. The zero-order chi connectivity index (χ0) is 15.1. The van der Waals surface area contributed by atoms with Crippen LogP contribution in [0.3, 0.4) is 0 Å². The third-order valence-electron chi connectivity index (χ3n) is 4.96. The van der Waals surface area contributed by atoms with E-state index in [1.54, 1.807) is 0 Å². The Balaban J connectivity index is 1.88.